The number of para-hydroxylation sites is 1. The summed E-state index contributed by atoms with van der Waals surface area (Å²) in [4.78, 5) is 11.3. The number of urea groups is 1. The Morgan fingerprint density at radius 1 is 1.23 bits per heavy atom. The predicted octanol–water partition coefficient (Wildman–Crippen LogP) is 1.76. The Hall–Kier alpha value is -1.77. The van der Waals surface area contributed by atoms with Crippen LogP contribution in [0.1, 0.15) is 5.56 Å². The van der Waals surface area contributed by atoms with Gasteiger partial charge in [-0.3, -0.25) is 4.21 Å². The summed E-state index contributed by atoms with van der Waals surface area (Å²) in [5.41, 5.74) is -0.857. The summed E-state index contributed by atoms with van der Waals surface area (Å²) >= 11 is 0. The first kappa shape index (κ1) is 18.3. The summed E-state index contributed by atoms with van der Waals surface area (Å²) in [5.74, 6) is 0.0571. The highest BCUT2D eigenvalue weighted by Gasteiger charge is 2.33. The highest BCUT2D eigenvalue weighted by molar-refractivity contribution is 7.84. The van der Waals surface area contributed by atoms with Crippen LogP contribution in [0.5, 0.6) is 5.75 Å². The van der Waals surface area contributed by atoms with Crippen LogP contribution in [0.25, 0.3) is 0 Å². The molecule has 0 aliphatic rings. The molecule has 1 unspecified atom stereocenters. The van der Waals surface area contributed by atoms with E-state index in [1.807, 2.05) is 0 Å². The molecule has 0 aliphatic heterocycles. The van der Waals surface area contributed by atoms with Crippen LogP contribution < -0.4 is 15.4 Å². The van der Waals surface area contributed by atoms with Gasteiger partial charge >= 0.3 is 12.2 Å². The highest BCUT2D eigenvalue weighted by Crippen LogP contribution is 2.35. The fourth-order valence-electron chi connectivity index (χ4n) is 1.52. The minimum absolute atomic E-state index is 0.0488. The van der Waals surface area contributed by atoms with Crippen molar-refractivity contribution in [1.29, 1.82) is 0 Å². The van der Waals surface area contributed by atoms with Gasteiger partial charge < -0.3 is 15.4 Å². The molecule has 1 aromatic carbocycles. The summed E-state index contributed by atoms with van der Waals surface area (Å²) in [7, 11) is -0.999. The van der Waals surface area contributed by atoms with Crippen molar-refractivity contribution in [3.8, 4) is 5.75 Å². The molecule has 5 nitrogen and oxygen atoms in total. The standard InChI is InChI=1S/C13H17F3N2O3S/c1-22(20)9-7-18-12(19)17-6-8-21-11-5-3-2-4-10(11)13(14,15)16/h2-5H,6-9H2,1H3,(H2,17,18,19). The first-order chi connectivity index (χ1) is 10.3. The normalized spacial score (nSPS) is 12.5. The third-order valence-corrected chi connectivity index (χ3v) is 3.29. The highest BCUT2D eigenvalue weighted by atomic mass is 32.2. The van der Waals surface area contributed by atoms with Crippen molar-refractivity contribution in [3.63, 3.8) is 0 Å². The zero-order chi connectivity index (χ0) is 16.6. The van der Waals surface area contributed by atoms with Gasteiger partial charge in [0.05, 0.1) is 12.1 Å². The van der Waals surface area contributed by atoms with E-state index in [0.717, 1.165) is 6.07 Å². The average molecular weight is 338 g/mol. The third-order valence-electron chi connectivity index (χ3n) is 2.51. The second-order valence-corrected chi connectivity index (χ2v) is 5.86. The lowest BCUT2D eigenvalue weighted by Gasteiger charge is -2.14. The van der Waals surface area contributed by atoms with Gasteiger partial charge in [0.25, 0.3) is 0 Å². The topological polar surface area (TPSA) is 67.4 Å². The molecule has 0 bridgehead atoms. The molecule has 124 valence electrons. The molecule has 2 N–H and O–H groups in total. The van der Waals surface area contributed by atoms with Gasteiger partial charge in [0.2, 0.25) is 0 Å². The van der Waals surface area contributed by atoms with E-state index in [0.29, 0.717) is 5.75 Å². The minimum Gasteiger partial charge on any atom is -0.491 e. The summed E-state index contributed by atoms with van der Waals surface area (Å²) in [5, 5.41) is 4.90. The summed E-state index contributed by atoms with van der Waals surface area (Å²) in [6.45, 7) is 0.209. The Bertz CT molecular complexity index is 523. The van der Waals surface area contributed by atoms with E-state index < -0.39 is 28.6 Å². The van der Waals surface area contributed by atoms with Crippen LogP contribution >= 0.6 is 0 Å². The van der Waals surface area contributed by atoms with Gasteiger partial charge in [0.15, 0.2) is 0 Å². The fourth-order valence-corrected chi connectivity index (χ4v) is 1.91. The molecule has 0 saturated carbocycles. The Morgan fingerprint density at radius 2 is 1.86 bits per heavy atom. The average Bonchev–Trinajstić information content (AvgIpc) is 2.42. The lowest BCUT2D eigenvalue weighted by Crippen LogP contribution is -2.39. The van der Waals surface area contributed by atoms with Crippen LogP contribution in [-0.2, 0) is 17.0 Å². The molecular weight excluding hydrogens is 321 g/mol. The number of rotatable bonds is 7. The molecule has 1 aromatic rings. The second-order valence-electron chi connectivity index (χ2n) is 4.30. The largest absolute Gasteiger partial charge is 0.491 e. The quantitative estimate of drug-likeness (QED) is 0.745. The molecule has 0 aromatic heterocycles. The molecule has 0 fully saturated rings. The Balaban J connectivity index is 2.33. The van der Waals surface area contributed by atoms with Crippen LogP contribution in [0.3, 0.4) is 0 Å². The van der Waals surface area contributed by atoms with Gasteiger partial charge in [-0.15, -0.1) is 0 Å². The van der Waals surface area contributed by atoms with Gasteiger partial charge in [-0.05, 0) is 12.1 Å². The van der Waals surface area contributed by atoms with Crippen LogP contribution in [0.15, 0.2) is 24.3 Å². The van der Waals surface area contributed by atoms with Gasteiger partial charge in [-0.1, -0.05) is 12.1 Å². The first-order valence-electron chi connectivity index (χ1n) is 6.41. The Morgan fingerprint density at radius 3 is 2.50 bits per heavy atom. The molecule has 1 atom stereocenters. The summed E-state index contributed by atoms with van der Waals surface area (Å²) < 4.78 is 53.9. The van der Waals surface area contributed by atoms with E-state index in [9.17, 15) is 22.2 Å². The summed E-state index contributed by atoms with van der Waals surface area (Å²) in [6, 6.07) is 4.38. The molecule has 0 spiro atoms. The molecule has 0 saturated heterocycles. The Labute approximate surface area is 128 Å². The molecular formula is C13H17F3N2O3S. The fraction of sp³-hybridized carbons (Fsp3) is 0.462. The van der Waals surface area contributed by atoms with E-state index in [1.165, 1.54) is 24.5 Å². The van der Waals surface area contributed by atoms with Gasteiger partial charge in [-0.25, -0.2) is 4.79 Å². The number of nitrogens with one attached hydrogen (secondary N) is 2. The van der Waals surface area contributed by atoms with Crippen LogP contribution in [0.2, 0.25) is 0 Å². The molecule has 0 heterocycles. The molecule has 2 amide bonds. The lowest BCUT2D eigenvalue weighted by molar-refractivity contribution is -0.138. The van der Waals surface area contributed by atoms with Crippen LogP contribution in [0, 0.1) is 0 Å². The Kier molecular flexibility index (Phi) is 7.16. The number of carbonyl (C=O) groups excluding carboxylic acids is 1. The van der Waals surface area contributed by atoms with E-state index in [2.05, 4.69) is 10.6 Å². The maximum absolute atomic E-state index is 12.7. The summed E-state index contributed by atoms with van der Waals surface area (Å²) in [6.07, 6.45) is -2.97. The van der Waals surface area contributed by atoms with Gasteiger partial charge in [-0.2, -0.15) is 13.2 Å². The number of hydrogen-bond donors (Lipinski definition) is 2. The molecule has 0 aliphatic carbocycles. The number of halogens is 3. The number of benzene rings is 1. The molecule has 0 radical (unpaired) electrons. The number of alkyl halides is 3. The van der Waals surface area contributed by atoms with Crippen molar-refractivity contribution < 1.29 is 26.9 Å². The lowest BCUT2D eigenvalue weighted by atomic mass is 10.2. The number of ether oxygens (including phenoxy) is 1. The number of carbonyl (C=O) groups is 1. The van der Waals surface area contributed by atoms with Gasteiger partial charge in [0.1, 0.15) is 12.4 Å². The first-order valence-corrected chi connectivity index (χ1v) is 8.14. The number of amides is 2. The maximum atomic E-state index is 12.7. The van der Waals surface area contributed by atoms with E-state index >= 15 is 0 Å². The van der Waals surface area contributed by atoms with Crippen molar-refractivity contribution in [2.45, 2.75) is 6.18 Å². The monoisotopic (exact) mass is 338 g/mol. The van der Waals surface area contributed by atoms with Gasteiger partial charge in [0, 0.05) is 29.4 Å². The maximum Gasteiger partial charge on any atom is 0.419 e. The van der Waals surface area contributed by atoms with Crippen LogP contribution in [-0.4, -0.2) is 41.9 Å². The zero-order valence-electron chi connectivity index (χ0n) is 11.9. The molecule has 9 heteroatoms. The minimum atomic E-state index is -4.49. The van der Waals surface area contributed by atoms with Crippen molar-refractivity contribution in [3.05, 3.63) is 29.8 Å². The zero-order valence-corrected chi connectivity index (χ0v) is 12.7. The predicted molar refractivity (Wildman–Crippen MR) is 77.3 cm³/mol. The molecule has 1 rings (SSSR count). The van der Waals surface area contributed by atoms with E-state index in [1.54, 1.807) is 0 Å². The number of hydrogen-bond acceptors (Lipinski definition) is 3. The second kappa shape index (κ2) is 8.62. The van der Waals surface area contributed by atoms with Crippen molar-refractivity contribution in [1.82, 2.24) is 10.6 Å². The SMILES string of the molecule is CS(=O)CCNC(=O)NCCOc1ccccc1C(F)(F)F. The van der Waals surface area contributed by atoms with Crippen LogP contribution in [0.4, 0.5) is 18.0 Å². The van der Waals surface area contributed by atoms with Crippen molar-refractivity contribution >= 4 is 16.8 Å². The van der Waals surface area contributed by atoms with Crippen molar-refractivity contribution in [2.75, 3.05) is 31.7 Å². The van der Waals surface area contributed by atoms with E-state index in [-0.39, 0.29) is 25.4 Å². The smallest absolute Gasteiger partial charge is 0.419 e. The molecule has 22 heavy (non-hydrogen) atoms. The van der Waals surface area contributed by atoms with E-state index in [4.69, 9.17) is 4.74 Å². The van der Waals surface area contributed by atoms with Crippen molar-refractivity contribution in [2.24, 2.45) is 0 Å². The third kappa shape index (κ3) is 6.79.